The molecule has 5 aromatic carbocycles. The van der Waals surface area contributed by atoms with Gasteiger partial charge >= 0.3 is 0 Å². The molecule has 0 unspecified atom stereocenters. The molecule has 0 bridgehead atoms. The van der Waals surface area contributed by atoms with Crippen molar-refractivity contribution in [3.63, 3.8) is 0 Å². The molecule has 5 aromatic rings. The fourth-order valence-electron chi connectivity index (χ4n) is 4.89. The molecule has 0 spiro atoms. The summed E-state index contributed by atoms with van der Waals surface area (Å²) in [5.41, 5.74) is 8.91. The highest BCUT2D eigenvalue weighted by Gasteiger charge is 2.11. The van der Waals surface area contributed by atoms with Crippen molar-refractivity contribution in [2.75, 3.05) is 0 Å². The Labute approximate surface area is 229 Å². The van der Waals surface area contributed by atoms with E-state index < -0.39 is 0 Å². The first-order valence-electron chi connectivity index (χ1n) is 13.1. The van der Waals surface area contributed by atoms with E-state index in [1.807, 2.05) is 48.5 Å². The summed E-state index contributed by atoms with van der Waals surface area (Å²) in [5.74, 6) is 0.957. The minimum Gasteiger partial charge on any atom is -0.508 e. The van der Waals surface area contributed by atoms with E-state index in [4.69, 9.17) is 0 Å². The molecule has 4 nitrogen and oxygen atoms in total. The van der Waals surface area contributed by atoms with Crippen molar-refractivity contribution >= 4 is 0 Å². The van der Waals surface area contributed by atoms with Crippen LogP contribution in [0, 0.1) is 6.92 Å². The molecule has 0 heterocycles. The molecule has 0 amide bonds. The highest BCUT2D eigenvalue weighted by atomic mass is 16.3. The van der Waals surface area contributed by atoms with Gasteiger partial charge in [0.25, 0.3) is 0 Å². The molecule has 0 saturated carbocycles. The van der Waals surface area contributed by atoms with Gasteiger partial charge in [-0.2, -0.15) is 0 Å². The second-order valence-corrected chi connectivity index (χ2v) is 10.2. The monoisotopic (exact) mass is 516 g/mol. The Morgan fingerprint density at radius 3 is 1.18 bits per heavy atom. The smallest absolute Gasteiger partial charge is 0.119 e. The first-order valence-corrected chi connectivity index (χ1v) is 13.1. The van der Waals surface area contributed by atoms with Gasteiger partial charge in [-0.3, -0.25) is 0 Å². The van der Waals surface area contributed by atoms with Crippen LogP contribution in [0.1, 0.15) is 50.1 Å². The maximum absolute atomic E-state index is 10.6. The highest BCUT2D eigenvalue weighted by Crippen LogP contribution is 2.29. The number of aryl methyl sites for hydroxylation is 1. The number of aromatic hydroxyl groups is 4. The van der Waals surface area contributed by atoms with Gasteiger partial charge < -0.3 is 20.4 Å². The van der Waals surface area contributed by atoms with E-state index in [1.165, 1.54) is 5.56 Å². The number of phenols is 4. The fourth-order valence-corrected chi connectivity index (χ4v) is 4.89. The standard InChI is InChI=1S/C35H32O4/c1-23-2-4-25(5-3-23)17-29-19-27(9-14-33(29)37)21-31-22-28(10-15-35(31)39)20-30-18-26(8-13-34(30)38)16-24-6-11-32(36)12-7-24/h2-15,18-19,22,36-39H,16-17,20-21H2,1H3. The number of benzene rings is 5. The van der Waals surface area contributed by atoms with Crippen molar-refractivity contribution in [3.05, 3.63) is 153 Å². The summed E-state index contributed by atoms with van der Waals surface area (Å²) in [6.07, 6.45) is 2.37. The van der Waals surface area contributed by atoms with Gasteiger partial charge in [-0.25, -0.2) is 0 Å². The molecule has 5 rings (SSSR count). The lowest BCUT2D eigenvalue weighted by Gasteiger charge is -2.12. The maximum atomic E-state index is 10.6. The Bertz CT molecular complexity index is 1590. The van der Waals surface area contributed by atoms with Crippen LogP contribution in [-0.4, -0.2) is 20.4 Å². The van der Waals surface area contributed by atoms with Crippen LogP contribution in [0.5, 0.6) is 23.0 Å². The molecule has 0 aliphatic carbocycles. The lowest BCUT2D eigenvalue weighted by atomic mass is 9.94. The lowest BCUT2D eigenvalue weighted by Crippen LogP contribution is -1.97. The van der Waals surface area contributed by atoms with E-state index in [0.717, 1.165) is 44.5 Å². The summed E-state index contributed by atoms with van der Waals surface area (Å²) >= 11 is 0. The van der Waals surface area contributed by atoms with Gasteiger partial charge in [0.15, 0.2) is 0 Å². The van der Waals surface area contributed by atoms with Crippen molar-refractivity contribution in [1.82, 2.24) is 0 Å². The highest BCUT2D eigenvalue weighted by molar-refractivity contribution is 5.47. The Balaban J connectivity index is 1.33. The van der Waals surface area contributed by atoms with E-state index in [9.17, 15) is 20.4 Å². The van der Waals surface area contributed by atoms with Crippen LogP contribution in [0.15, 0.2) is 103 Å². The summed E-state index contributed by atoms with van der Waals surface area (Å²) in [6, 6.07) is 32.2. The molecule has 0 radical (unpaired) electrons. The molecule has 0 aliphatic heterocycles. The number of phenolic OH excluding ortho intramolecular Hbond substituents is 4. The van der Waals surface area contributed by atoms with Crippen LogP contribution < -0.4 is 0 Å². The van der Waals surface area contributed by atoms with Crippen LogP contribution in [-0.2, 0) is 25.7 Å². The molecular formula is C35H32O4. The number of hydrogen-bond acceptors (Lipinski definition) is 4. The molecule has 4 N–H and O–H groups in total. The van der Waals surface area contributed by atoms with E-state index in [1.54, 1.807) is 30.3 Å². The average Bonchev–Trinajstić information content (AvgIpc) is 2.92. The van der Waals surface area contributed by atoms with Crippen molar-refractivity contribution in [2.24, 2.45) is 0 Å². The second-order valence-electron chi connectivity index (χ2n) is 10.2. The predicted octanol–water partition coefficient (Wildman–Crippen LogP) is 7.18. The van der Waals surface area contributed by atoms with E-state index >= 15 is 0 Å². The van der Waals surface area contributed by atoms with Gasteiger partial charge in [0.05, 0.1) is 0 Å². The summed E-state index contributed by atoms with van der Waals surface area (Å²) in [5, 5.41) is 41.1. The lowest BCUT2D eigenvalue weighted by molar-refractivity contribution is 0.468. The van der Waals surface area contributed by atoms with Gasteiger partial charge in [0.1, 0.15) is 23.0 Å². The third kappa shape index (κ3) is 6.60. The zero-order valence-corrected chi connectivity index (χ0v) is 21.9. The molecule has 0 aromatic heterocycles. The maximum Gasteiger partial charge on any atom is 0.119 e. The SMILES string of the molecule is Cc1ccc(Cc2cc(Cc3cc(Cc4cc(Cc5ccc(O)cc5)ccc4O)ccc3O)ccc2O)cc1. The molecular weight excluding hydrogens is 484 g/mol. The van der Waals surface area contributed by atoms with Gasteiger partial charge in [-0.15, -0.1) is 0 Å². The van der Waals surface area contributed by atoms with Crippen LogP contribution >= 0.6 is 0 Å². The quantitative estimate of drug-likeness (QED) is 0.176. The molecule has 0 atom stereocenters. The minimum atomic E-state index is 0.220. The van der Waals surface area contributed by atoms with Gasteiger partial charge in [-0.05, 0) is 88.2 Å². The Hall–Kier alpha value is -4.70. The largest absolute Gasteiger partial charge is 0.508 e. The van der Waals surface area contributed by atoms with Gasteiger partial charge in [0.2, 0.25) is 0 Å². The van der Waals surface area contributed by atoms with Crippen molar-refractivity contribution in [1.29, 1.82) is 0 Å². The third-order valence-corrected chi connectivity index (χ3v) is 7.08. The van der Waals surface area contributed by atoms with Crippen molar-refractivity contribution in [3.8, 4) is 23.0 Å². The summed E-state index contributed by atoms with van der Waals surface area (Å²) in [4.78, 5) is 0. The van der Waals surface area contributed by atoms with E-state index in [2.05, 4.69) is 31.2 Å². The normalized spacial score (nSPS) is 11.0. The summed E-state index contributed by atoms with van der Waals surface area (Å²) in [6.45, 7) is 2.05. The van der Waals surface area contributed by atoms with Crippen LogP contribution in [0.2, 0.25) is 0 Å². The first-order chi connectivity index (χ1) is 18.8. The number of rotatable bonds is 8. The van der Waals surface area contributed by atoms with Crippen LogP contribution in [0.25, 0.3) is 0 Å². The van der Waals surface area contributed by atoms with Gasteiger partial charge in [-0.1, -0.05) is 78.4 Å². The summed E-state index contributed by atoms with van der Waals surface area (Å²) in [7, 11) is 0. The average molecular weight is 517 g/mol. The second kappa shape index (κ2) is 11.4. The molecule has 4 heteroatoms. The van der Waals surface area contributed by atoms with E-state index in [0.29, 0.717) is 25.7 Å². The molecule has 39 heavy (non-hydrogen) atoms. The molecule has 0 aliphatic rings. The number of hydrogen-bond donors (Lipinski definition) is 4. The Morgan fingerprint density at radius 1 is 0.385 bits per heavy atom. The van der Waals surface area contributed by atoms with E-state index in [-0.39, 0.29) is 23.0 Å². The first kappa shape index (κ1) is 25.9. The molecule has 0 saturated heterocycles. The molecule has 196 valence electrons. The van der Waals surface area contributed by atoms with Crippen LogP contribution in [0.4, 0.5) is 0 Å². The van der Waals surface area contributed by atoms with Crippen molar-refractivity contribution in [2.45, 2.75) is 32.6 Å². The fraction of sp³-hybridized carbons (Fsp3) is 0.143. The minimum absolute atomic E-state index is 0.220. The topological polar surface area (TPSA) is 80.9 Å². The predicted molar refractivity (Wildman–Crippen MR) is 155 cm³/mol. The zero-order valence-electron chi connectivity index (χ0n) is 21.9. The summed E-state index contributed by atoms with van der Waals surface area (Å²) < 4.78 is 0. The van der Waals surface area contributed by atoms with Crippen molar-refractivity contribution < 1.29 is 20.4 Å². The Morgan fingerprint density at radius 2 is 0.718 bits per heavy atom. The third-order valence-electron chi connectivity index (χ3n) is 7.08. The zero-order chi connectivity index (χ0) is 27.4. The van der Waals surface area contributed by atoms with Gasteiger partial charge in [0, 0.05) is 19.3 Å². The van der Waals surface area contributed by atoms with Crippen LogP contribution in [0.3, 0.4) is 0 Å². The Kier molecular flexibility index (Phi) is 7.55. The molecule has 0 fully saturated rings.